The molecule has 5 atom stereocenters. The highest BCUT2D eigenvalue weighted by molar-refractivity contribution is 7.80. The number of thiol groups is 1. The van der Waals surface area contributed by atoms with Gasteiger partial charge in [0.05, 0.1) is 12.2 Å². The number of rotatable bonds is 3. The largest absolute Gasteiger partial charge is 0.388 e. The quantitative estimate of drug-likeness (QED) is 0.482. The molecule has 15 heavy (non-hydrogen) atoms. The van der Waals surface area contributed by atoms with E-state index in [1.807, 2.05) is 0 Å². The van der Waals surface area contributed by atoms with Crippen molar-refractivity contribution in [2.75, 3.05) is 5.75 Å². The number of aliphatic hydroxyl groups is 3. The van der Waals surface area contributed by atoms with Crippen LogP contribution in [0, 0.1) is 0 Å². The third kappa shape index (κ3) is 3.05. The lowest BCUT2D eigenvalue weighted by Crippen LogP contribution is -2.59. The lowest BCUT2D eigenvalue weighted by molar-refractivity contribution is -0.300. The van der Waals surface area contributed by atoms with Crippen molar-refractivity contribution in [3.05, 3.63) is 0 Å². The number of hydrogen-bond donors (Lipinski definition) is 4. The molecule has 5 nitrogen and oxygen atoms in total. The van der Waals surface area contributed by atoms with Crippen LogP contribution in [0.1, 0.15) is 13.8 Å². The molecule has 90 valence electrons. The summed E-state index contributed by atoms with van der Waals surface area (Å²) < 4.78 is 10.6. The first-order valence-corrected chi connectivity index (χ1v) is 5.56. The summed E-state index contributed by atoms with van der Waals surface area (Å²) in [7, 11) is 0. The molecule has 0 radical (unpaired) electrons. The summed E-state index contributed by atoms with van der Waals surface area (Å²) in [5, 5.41) is 28.6. The Morgan fingerprint density at radius 2 is 1.80 bits per heavy atom. The minimum absolute atomic E-state index is 0.132. The number of aliphatic hydroxyl groups excluding tert-OH is 3. The van der Waals surface area contributed by atoms with Gasteiger partial charge in [-0.1, -0.05) is 0 Å². The van der Waals surface area contributed by atoms with Gasteiger partial charge in [-0.3, -0.25) is 0 Å². The maximum Gasteiger partial charge on any atom is 0.186 e. The second kappa shape index (κ2) is 5.47. The summed E-state index contributed by atoms with van der Waals surface area (Å²) in [6.45, 7) is 3.59. The van der Waals surface area contributed by atoms with Crippen molar-refractivity contribution < 1.29 is 24.8 Å². The lowest BCUT2D eigenvalue weighted by atomic mass is 10.00. The smallest absolute Gasteiger partial charge is 0.186 e. The second-order valence-electron chi connectivity index (χ2n) is 3.88. The van der Waals surface area contributed by atoms with E-state index < -0.39 is 30.7 Å². The topological polar surface area (TPSA) is 79.2 Å². The van der Waals surface area contributed by atoms with Crippen LogP contribution in [0.3, 0.4) is 0 Å². The molecular formula is C9H18O5S. The zero-order valence-corrected chi connectivity index (χ0v) is 9.67. The summed E-state index contributed by atoms with van der Waals surface area (Å²) in [5.41, 5.74) is 0. The average molecular weight is 238 g/mol. The fraction of sp³-hybridized carbons (Fsp3) is 1.00. The molecular weight excluding hydrogens is 220 g/mol. The molecule has 0 saturated carbocycles. The Kier molecular flexibility index (Phi) is 4.82. The monoisotopic (exact) mass is 238 g/mol. The van der Waals surface area contributed by atoms with Crippen molar-refractivity contribution in [2.24, 2.45) is 0 Å². The Bertz CT molecular complexity index is 199. The molecule has 1 heterocycles. The van der Waals surface area contributed by atoms with Crippen molar-refractivity contribution in [1.29, 1.82) is 0 Å². The maximum atomic E-state index is 9.59. The minimum atomic E-state index is -1.26. The predicted molar refractivity (Wildman–Crippen MR) is 56.8 cm³/mol. The first-order chi connectivity index (χ1) is 6.97. The molecule has 0 bridgehead atoms. The molecule has 0 aromatic heterocycles. The Morgan fingerprint density at radius 3 is 2.27 bits per heavy atom. The number of ether oxygens (including phenoxy) is 2. The van der Waals surface area contributed by atoms with Gasteiger partial charge in [-0.05, 0) is 13.8 Å². The van der Waals surface area contributed by atoms with Gasteiger partial charge in [0.15, 0.2) is 6.29 Å². The summed E-state index contributed by atoms with van der Waals surface area (Å²) in [4.78, 5) is 0. The highest BCUT2D eigenvalue weighted by Gasteiger charge is 2.43. The fourth-order valence-corrected chi connectivity index (χ4v) is 1.75. The van der Waals surface area contributed by atoms with Crippen LogP contribution in [0.5, 0.6) is 0 Å². The SMILES string of the molecule is CC(C)O[C@@H]1O[C@H](CS)[C@H](O)[C@H](O)[C@H]1O. The molecule has 3 N–H and O–H groups in total. The van der Waals surface area contributed by atoms with Crippen LogP contribution in [0.2, 0.25) is 0 Å². The van der Waals surface area contributed by atoms with E-state index in [0.717, 1.165) is 0 Å². The van der Waals surface area contributed by atoms with Gasteiger partial charge in [0.2, 0.25) is 0 Å². The molecule has 0 spiro atoms. The van der Waals surface area contributed by atoms with Gasteiger partial charge in [0.1, 0.15) is 18.3 Å². The summed E-state index contributed by atoms with van der Waals surface area (Å²) in [6.07, 6.45) is -5.31. The molecule has 1 aliphatic rings. The van der Waals surface area contributed by atoms with Gasteiger partial charge in [0, 0.05) is 5.75 Å². The van der Waals surface area contributed by atoms with E-state index in [1.54, 1.807) is 13.8 Å². The zero-order valence-electron chi connectivity index (χ0n) is 8.78. The normalized spacial score (nSPS) is 42.2. The van der Waals surface area contributed by atoms with Crippen molar-refractivity contribution in [3.63, 3.8) is 0 Å². The highest BCUT2D eigenvalue weighted by atomic mass is 32.1. The number of hydrogen-bond acceptors (Lipinski definition) is 6. The van der Waals surface area contributed by atoms with Crippen molar-refractivity contribution in [2.45, 2.75) is 50.7 Å². The van der Waals surface area contributed by atoms with Crippen LogP contribution in [-0.4, -0.2) is 57.9 Å². The first-order valence-electron chi connectivity index (χ1n) is 4.93. The summed E-state index contributed by atoms with van der Waals surface area (Å²) in [5.74, 6) is 0.253. The highest BCUT2D eigenvalue weighted by Crippen LogP contribution is 2.23. The van der Waals surface area contributed by atoms with Crippen LogP contribution in [0.25, 0.3) is 0 Å². The van der Waals surface area contributed by atoms with Gasteiger partial charge in [-0.25, -0.2) is 0 Å². The Balaban J connectivity index is 2.65. The molecule has 6 heteroatoms. The third-order valence-corrected chi connectivity index (χ3v) is 2.61. The van der Waals surface area contributed by atoms with Gasteiger partial charge < -0.3 is 24.8 Å². The molecule has 1 aliphatic heterocycles. The van der Waals surface area contributed by atoms with E-state index in [9.17, 15) is 15.3 Å². The molecule has 1 fully saturated rings. The van der Waals surface area contributed by atoms with E-state index >= 15 is 0 Å². The van der Waals surface area contributed by atoms with Crippen LogP contribution >= 0.6 is 12.6 Å². The van der Waals surface area contributed by atoms with E-state index in [0.29, 0.717) is 0 Å². The Labute approximate surface area is 94.4 Å². The molecule has 1 saturated heterocycles. The lowest BCUT2D eigenvalue weighted by Gasteiger charge is -2.40. The molecule has 0 aromatic rings. The molecule has 0 unspecified atom stereocenters. The zero-order chi connectivity index (χ0) is 11.6. The van der Waals surface area contributed by atoms with Crippen LogP contribution in [0.15, 0.2) is 0 Å². The summed E-state index contributed by atoms with van der Waals surface area (Å²) >= 11 is 3.99. The molecule has 0 aromatic carbocycles. The Morgan fingerprint density at radius 1 is 1.20 bits per heavy atom. The predicted octanol–water partition coefficient (Wildman–Crippen LogP) is -0.851. The first kappa shape index (κ1) is 13.2. The van der Waals surface area contributed by atoms with Gasteiger partial charge in [-0.2, -0.15) is 12.6 Å². The van der Waals surface area contributed by atoms with E-state index in [4.69, 9.17) is 9.47 Å². The maximum absolute atomic E-state index is 9.59. The van der Waals surface area contributed by atoms with Crippen molar-refractivity contribution >= 4 is 12.6 Å². The van der Waals surface area contributed by atoms with E-state index in [2.05, 4.69) is 12.6 Å². The van der Waals surface area contributed by atoms with E-state index in [-0.39, 0.29) is 11.9 Å². The minimum Gasteiger partial charge on any atom is -0.388 e. The van der Waals surface area contributed by atoms with Gasteiger partial charge in [-0.15, -0.1) is 0 Å². The summed E-state index contributed by atoms with van der Waals surface area (Å²) in [6, 6.07) is 0. The average Bonchev–Trinajstić information content (AvgIpc) is 2.18. The van der Waals surface area contributed by atoms with Gasteiger partial charge in [0.25, 0.3) is 0 Å². The molecule has 1 rings (SSSR count). The molecule has 0 amide bonds. The van der Waals surface area contributed by atoms with E-state index in [1.165, 1.54) is 0 Å². The van der Waals surface area contributed by atoms with Crippen LogP contribution in [0.4, 0.5) is 0 Å². The van der Waals surface area contributed by atoms with Crippen molar-refractivity contribution in [1.82, 2.24) is 0 Å². The van der Waals surface area contributed by atoms with Crippen LogP contribution in [-0.2, 0) is 9.47 Å². The molecule has 0 aliphatic carbocycles. The van der Waals surface area contributed by atoms with Gasteiger partial charge >= 0.3 is 0 Å². The fourth-order valence-electron chi connectivity index (χ4n) is 1.45. The standard InChI is InChI=1S/C9H18O5S/c1-4(2)13-9-8(12)7(11)6(10)5(3-15)14-9/h4-12,15H,3H2,1-2H3/t5-,6+,7+,8-,9-/m1/s1. The Hall–Kier alpha value is 0.150. The van der Waals surface area contributed by atoms with Crippen molar-refractivity contribution in [3.8, 4) is 0 Å². The van der Waals surface area contributed by atoms with Crippen LogP contribution < -0.4 is 0 Å². The second-order valence-corrected chi connectivity index (χ2v) is 4.25. The third-order valence-electron chi connectivity index (χ3n) is 2.25.